The van der Waals surface area contributed by atoms with E-state index in [0.29, 0.717) is 12.0 Å². The molecule has 3 N–H and O–H groups in total. The summed E-state index contributed by atoms with van der Waals surface area (Å²) >= 11 is 0. The molecule has 1 rings (SSSR count). The average molecular weight is 210 g/mol. The Morgan fingerprint density at radius 1 is 1.53 bits per heavy atom. The van der Waals surface area contributed by atoms with Gasteiger partial charge in [-0.05, 0) is 38.1 Å². The first-order valence-corrected chi connectivity index (χ1v) is 5.72. The van der Waals surface area contributed by atoms with Gasteiger partial charge in [-0.2, -0.15) is 0 Å². The quantitative estimate of drug-likeness (QED) is 0.721. The standard InChI is InChI=1S/C12H22N2O/c1-3-11(8-13)9-14-10(2)7-12-5-4-6-15-12/h4-6,10-11,14H,3,7-9,13H2,1-2H3. The third-order valence-electron chi connectivity index (χ3n) is 2.75. The van der Waals surface area contributed by atoms with Crippen LogP contribution in [-0.2, 0) is 6.42 Å². The highest BCUT2D eigenvalue weighted by molar-refractivity contribution is 4.99. The molecule has 0 spiro atoms. The topological polar surface area (TPSA) is 51.2 Å². The molecule has 0 aromatic carbocycles. The van der Waals surface area contributed by atoms with E-state index in [1.165, 1.54) is 0 Å². The normalized spacial score (nSPS) is 15.1. The Hall–Kier alpha value is -0.800. The molecule has 0 saturated carbocycles. The highest BCUT2D eigenvalue weighted by Gasteiger charge is 2.08. The molecule has 0 aliphatic rings. The van der Waals surface area contributed by atoms with Gasteiger partial charge in [-0.3, -0.25) is 0 Å². The summed E-state index contributed by atoms with van der Waals surface area (Å²) in [6.07, 6.45) is 3.79. The Morgan fingerprint density at radius 3 is 2.87 bits per heavy atom. The summed E-state index contributed by atoms with van der Waals surface area (Å²) in [6.45, 7) is 6.11. The summed E-state index contributed by atoms with van der Waals surface area (Å²) in [6, 6.07) is 4.38. The van der Waals surface area contributed by atoms with Crippen LogP contribution < -0.4 is 11.1 Å². The number of hydrogen-bond donors (Lipinski definition) is 2. The first-order chi connectivity index (χ1) is 7.26. The van der Waals surface area contributed by atoms with Gasteiger partial charge in [-0.1, -0.05) is 13.3 Å². The van der Waals surface area contributed by atoms with Gasteiger partial charge in [0.25, 0.3) is 0 Å². The van der Waals surface area contributed by atoms with Crippen LogP contribution in [0.15, 0.2) is 22.8 Å². The lowest BCUT2D eigenvalue weighted by Gasteiger charge is -2.17. The van der Waals surface area contributed by atoms with E-state index in [2.05, 4.69) is 19.2 Å². The molecule has 2 unspecified atom stereocenters. The highest BCUT2D eigenvalue weighted by atomic mass is 16.3. The Bertz CT molecular complexity index is 242. The highest BCUT2D eigenvalue weighted by Crippen LogP contribution is 2.05. The van der Waals surface area contributed by atoms with Crippen LogP contribution in [0.2, 0.25) is 0 Å². The van der Waals surface area contributed by atoms with Crippen molar-refractivity contribution in [1.29, 1.82) is 0 Å². The molecule has 0 amide bonds. The second kappa shape index (κ2) is 6.64. The third-order valence-corrected chi connectivity index (χ3v) is 2.75. The van der Waals surface area contributed by atoms with Crippen molar-refractivity contribution in [3.05, 3.63) is 24.2 Å². The fourth-order valence-corrected chi connectivity index (χ4v) is 1.56. The van der Waals surface area contributed by atoms with Crippen LogP contribution in [0, 0.1) is 5.92 Å². The molecular formula is C12H22N2O. The molecule has 0 aliphatic carbocycles. The van der Waals surface area contributed by atoms with Crippen LogP contribution >= 0.6 is 0 Å². The number of nitrogens with two attached hydrogens (primary N) is 1. The monoisotopic (exact) mass is 210 g/mol. The second-order valence-corrected chi connectivity index (χ2v) is 4.10. The van der Waals surface area contributed by atoms with E-state index in [1.807, 2.05) is 12.1 Å². The van der Waals surface area contributed by atoms with Gasteiger partial charge in [-0.25, -0.2) is 0 Å². The minimum Gasteiger partial charge on any atom is -0.469 e. The SMILES string of the molecule is CCC(CN)CNC(C)Cc1ccco1. The van der Waals surface area contributed by atoms with Crippen LogP contribution in [0.4, 0.5) is 0 Å². The maximum Gasteiger partial charge on any atom is 0.105 e. The first kappa shape index (κ1) is 12.3. The Balaban J connectivity index is 2.21. The van der Waals surface area contributed by atoms with Crippen molar-refractivity contribution in [1.82, 2.24) is 5.32 Å². The van der Waals surface area contributed by atoms with Crippen molar-refractivity contribution in [3.63, 3.8) is 0 Å². The predicted octanol–water partition coefficient (Wildman–Crippen LogP) is 1.79. The molecular weight excluding hydrogens is 188 g/mol. The van der Waals surface area contributed by atoms with Gasteiger partial charge in [0.1, 0.15) is 5.76 Å². The Labute approximate surface area is 92.0 Å². The van der Waals surface area contributed by atoms with Gasteiger partial charge in [0.2, 0.25) is 0 Å². The van der Waals surface area contributed by atoms with E-state index in [0.717, 1.165) is 31.7 Å². The molecule has 15 heavy (non-hydrogen) atoms. The van der Waals surface area contributed by atoms with Crippen molar-refractivity contribution >= 4 is 0 Å². The zero-order chi connectivity index (χ0) is 11.1. The van der Waals surface area contributed by atoms with Gasteiger partial charge >= 0.3 is 0 Å². The zero-order valence-corrected chi connectivity index (χ0v) is 9.70. The second-order valence-electron chi connectivity index (χ2n) is 4.10. The first-order valence-electron chi connectivity index (χ1n) is 5.72. The van der Waals surface area contributed by atoms with Crippen LogP contribution in [0.1, 0.15) is 26.0 Å². The molecule has 3 nitrogen and oxygen atoms in total. The molecule has 2 atom stereocenters. The van der Waals surface area contributed by atoms with Crippen molar-refractivity contribution in [2.75, 3.05) is 13.1 Å². The van der Waals surface area contributed by atoms with Crippen LogP contribution in [0.3, 0.4) is 0 Å². The summed E-state index contributed by atoms with van der Waals surface area (Å²) in [5.74, 6) is 1.62. The van der Waals surface area contributed by atoms with Crippen LogP contribution in [-0.4, -0.2) is 19.1 Å². The molecule has 1 heterocycles. The fraction of sp³-hybridized carbons (Fsp3) is 0.667. The maximum atomic E-state index is 5.65. The zero-order valence-electron chi connectivity index (χ0n) is 9.70. The minimum atomic E-state index is 0.441. The molecule has 1 aromatic heterocycles. The molecule has 0 aliphatic heterocycles. The van der Waals surface area contributed by atoms with Crippen molar-refractivity contribution < 1.29 is 4.42 Å². The smallest absolute Gasteiger partial charge is 0.105 e. The molecule has 0 saturated heterocycles. The Morgan fingerprint density at radius 2 is 2.33 bits per heavy atom. The molecule has 0 bridgehead atoms. The van der Waals surface area contributed by atoms with Gasteiger partial charge in [0, 0.05) is 12.5 Å². The largest absolute Gasteiger partial charge is 0.469 e. The number of furan rings is 1. The predicted molar refractivity (Wildman–Crippen MR) is 62.7 cm³/mol. The molecule has 1 aromatic rings. The fourth-order valence-electron chi connectivity index (χ4n) is 1.56. The van der Waals surface area contributed by atoms with Gasteiger partial charge in [0.05, 0.1) is 6.26 Å². The summed E-state index contributed by atoms with van der Waals surface area (Å²) in [5.41, 5.74) is 5.65. The Kier molecular flexibility index (Phi) is 5.43. The lowest BCUT2D eigenvalue weighted by atomic mass is 10.1. The minimum absolute atomic E-state index is 0.441. The van der Waals surface area contributed by atoms with Crippen molar-refractivity contribution in [3.8, 4) is 0 Å². The average Bonchev–Trinajstić information content (AvgIpc) is 2.72. The van der Waals surface area contributed by atoms with Gasteiger partial charge in [0.15, 0.2) is 0 Å². The van der Waals surface area contributed by atoms with E-state index in [9.17, 15) is 0 Å². The summed E-state index contributed by atoms with van der Waals surface area (Å²) in [5, 5.41) is 3.48. The van der Waals surface area contributed by atoms with Gasteiger partial charge < -0.3 is 15.5 Å². The number of nitrogens with one attached hydrogen (secondary N) is 1. The van der Waals surface area contributed by atoms with Crippen molar-refractivity contribution in [2.24, 2.45) is 11.7 Å². The van der Waals surface area contributed by atoms with E-state index in [4.69, 9.17) is 10.2 Å². The molecule has 0 fully saturated rings. The summed E-state index contributed by atoms with van der Waals surface area (Å²) < 4.78 is 5.30. The van der Waals surface area contributed by atoms with Crippen LogP contribution in [0.5, 0.6) is 0 Å². The van der Waals surface area contributed by atoms with Gasteiger partial charge in [-0.15, -0.1) is 0 Å². The lowest BCUT2D eigenvalue weighted by molar-refractivity contribution is 0.410. The van der Waals surface area contributed by atoms with E-state index in [-0.39, 0.29) is 0 Å². The lowest BCUT2D eigenvalue weighted by Crippen LogP contribution is -2.35. The van der Waals surface area contributed by atoms with E-state index < -0.39 is 0 Å². The molecule has 0 radical (unpaired) electrons. The van der Waals surface area contributed by atoms with E-state index >= 15 is 0 Å². The molecule has 3 heteroatoms. The number of rotatable bonds is 7. The summed E-state index contributed by atoms with van der Waals surface area (Å²) in [4.78, 5) is 0. The summed E-state index contributed by atoms with van der Waals surface area (Å²) in [7, 11) is 0. The maximum absolute atomic E-state index is 5.65. The number of hydrogen-bond acceptors (Lipinski definition) is 3. The third kappa shape index (κ3) is 4.49. The van der Waals surface area contributed by atoms with E-state index in [1.54, 1.807) is 6.26 Å². The molecule has 86 valence electrons. The van der Waals surface area contributed by atoms with Crippen LogP contribution in [0.25, 0.3) is 0 Å². The van der Waals surface area contributed by atoms with Crippen molar-refractivity contribution in [2.45, 2.75) is 32.7 Å².